The summed E-state index contributed by atoms with van der Waals surface area (Å²) in [7, 11) is 0. The zero-order valence-corrected chi connectivity index (χ0v) is 12.2. The van der Waals surface area contributed by atoms with Gasteiger partial charge in [0.1, 0.15) is 5.69 Å². The maximum atomic E-state index is 4.57. The summed E-state index contributed by atoms with van der Waals surface area (Å²) in [5.41, 5.74) is 4.71. The van der Waals surface area contributed by atoms with Crippen LogP contribution in [0.1, 0.15) is 29.2 Å². The van der Waals surface area contributed by atoms with E-state index in [2.05, 4.69) is 26.9 Å². The van der Waals surface area contributed by atoms with Crippen LogP contribution in [0.25, 0.3) is 5.65 Å². The Balaban J connectivity index is 1.67. The summed E-state index contributed by atoms with van der Waals surface area (Å²) in [5, 5.41) is 4.32. The van der Waals surface area contributed by atoms with Gasteiger partial charge in [0.15, 0.2) is 5.65 Å². The van der Waals surface area contributed by atoms with Gasteiger partial charge in [-0.1, -0.05) is 12.0 Å². The van der Waals surface area contributed by atoms with Gasteiger partial charge in [-0.15, -0.1) is 0 Å². The predicted molar refractivity (Wildman–Crippen MR) is 81.9 cm³/mol. The normalized spacial score (nSPS) is 10.4. The topological polar surface area (TPSA) is 43.1 Å². The predicted octanol–water partition coefficient (Wildman–Crippen LogP) is 2.73. The highest BCUT2D eigenvalue weighted by Gasteiger charge is 2.00. The van der Waals surface area contributed by atoms with Crippen LogP contribution >= 0.6 is 0 Å². The first kappa shape index (κ1) is 13.3. The Morgan fingerprint density at radius 2 is 2.00 bits per heavy atom. The zero-order valence-electron chi connectivity index (χ0n) is 12.2. The molecule has 3 aromatic rings. The van der Waals surface area contributed by atoms with Crippen molar-refractivity contribution in [3.8, 4) is 11.8 Å². The molecule has 0 amide bonds. The van der Waals surface area contributed by atoms with Gasteiger partial charge in [0.25, 0.3) is 0 Å². The molecule has 4 nitrogen and oxygen atoms in total. The minimum Gasteiger partial charge on any atom is -0.245 e. The van der Waals surface area contributed by atoms with E-state index >= 15 is 0 Å². The van der Waals surface area contributed by atoms with Crippen LogP contribution in [0.5, 0.6) is 0 Å². The lowest BCUT2D eigenvalue weighted by Crippen LogP contribution is -1.95. The molecule has 0 saturated carbocycles. The summed E-state index contributed by atoms with van der Waals surface area (Å²) >= 11 is 0. The van der Waals surface area contributed by atoms with E-state index in [1.165, 1.54) is 0 Å². The lowest BCUT2D eigenvalue weighted by atomic mass is 10.2. The minimum atomic E-state index is 0.770. The van der Waals surface area contributed by atoms with Crippen LogP contribution in [0.3, 0.4) is 0 Å². The fraction of sp³-hybridized carbons (Fsp3) is 0.235. The summed E-state index contributed by atoms with van der Waals surface area (Å²) in [5.74, 6) is 6.25. The average molecular weight is 276 g/mol. The number of hydrogen-bond acceptors (Lipinski definition) is 3. The standard InChI is InChI=1S/C17H16N4/c1-13-6-5-9-15(18-13)7-3-4-8-16-10-11-21-17(19-16)12-14(2)20-21/h5-6,9-12H,4,8H2,1-2H3. The van der Waals surface area contributed by atoms with E-state index in [1.54, 1.807) is 4.52 Å². The number of aryl methyl sites for hydroxylation is 3. The molecule has 3 heterocycles. The van der Waals surface area contributed by atoms with E-state index in [1.807, 2.05) is 50.4 Å². The van der Waals surface area contributed by atoms with Crippen molar-refractivity contribution < 1.29 is 0 Å². The Kier molecular flexibility index (Phi) is 3.65. The Hall–Kier alpha value is -2.67. The summed E-state index contributed by atoms with van der Waals surface area (Å²) in [4.78, 5) is 8.93. The first-order chi connectivity index (χ1) is 10.2. The fourth-order valence-corrected chi connectivity index (χ4v) is 2.13. The number of aromatic nitrogens is 4. The van der Waals surface area contributed by atoms with Crippen LogP contribution in [-0.4, -0.2) is 19.6 Å². The van der Waals surface area contributed by atoms with Crippen molar-refractivity contribution in [2.45, 2.75) is 26.7 Å². The molecule has 0 saturated heterocycles. The highest BCUT2D eigenvalue weighted by atomic mass is 15.2. The molecule has 0 fully saturated rings. The summed E-state index contributed by atoms with van der Waals surface area (Å²) in [6.45, 7) is 3.94. The third-order valence-electron chi connectivity index (χ3n) is 3.12. The Morgan fingerprint density at radius 1 is 1.10 bits per heavy atom. The monoisotopic (exact) mass is 276 g/mol. The molecule has 0 spiro atoms. The molecule has 0 aromatic carbocycles. The van der Waals surface area contributed by atoms with Gasteiger partial charge in [0.05, 0.1) is 5.69 Å². The van der Waals surface area contributed by atoms with E-state index in [4.69, 9.17) is 0 Å². The van der Waals surface area contributed by atoms with Crippen molar-refractivity contribution in [3.05, 3.63) is 59.3 Å². The molecule has 0 aliphatic carbocycles. The molecule has 104 valence electrons. The van der Waals surface area contributed by atoms with Gasteiger partial charge in [-0.05, 0) is 38.0 Å². The van der Waals surface area contributed by atoms with Gasteiger partial charge >= 0.3 is 0 Å². The number of fused-ring (bicyclic) bond motifs is 1. The van der Waals surface area contributed by atoms with Gasteiger partial charge in [-0.2, -0.15) is 5.10 Å². The van der Waals surface area contributed by atoms with Gasteiger partial charge in [-0.3, -0.25) is 0 Å². The molecule has 3 aromatic heterocycles. The maximum Gasteiger partial charge on any atom is 0.155 e. The van der Waals surface area contributed by atoms with Crippen molar-refractivity contribution >= 4 is 5.65 Å². The highest BCUT2D eigenvalue weighted by Crippen LogP contribution is 2.06. The quantitative estimate of drug-likeness (QED) is 0.676. The molecule has 0 bridgehead atoms. The first-order valence-electron chi connectivity index (χ1n) is 6.95. The molecule has 4 heteroatoms. The van der Waals surface area contributed by atoms with E-state index in [-0.39, 0.29) is 0 Å². The second-order valence-electron chi connectivity index (χ2n) is 4.97. The van der Waals surface area contributed by atoms with E-state index < -0.39 is 0 Å². The van der Waals surface area contributed by atoms with Crippen LogP contribution < -0.4 is 0 Å². The molecule has 0 aliphatic rings. The second-order valence-corrected chi connectivity index (χ2v) is 4.97. The van der Waals surface area contributed by atoms with E-state index in [0.717, 1.165) is 41.3 Å². The molecule has 21 heavy (non-hydrogen) atoms. The fourth-order valence-electron chi connectivity index (χ4n) is 2.13. The van der Waals surface area contributed by atoms with Gasteiger partial charge in [0.2, 0.25) is 0 Å². The second kappa shape index (κ2) is 5.76. The van der Waals surface area contributed by atoms with Gasteiger partial charge in [0, 0.05) is 36.5 Å². The number of pyridine rings is 1. The first-order valence-corrected chi connectivity index (χ1v) is 6.95. The Labute approximate surface area is 123 Å². The van der Waals surface area contributed by atoms with Crippen LogP contribution in [0, 0.1) is 25.7 Å². The third kappa shape index (κ3) is 3.26. The largest absolute Gasteiger partial charge is 0.245 e. The van der Waals surface area contributed by atoms with Gasteiger partial charge < -0.3 is 0 Å². The SMILES string of the molecule is Cc1cccc(C#CCCc2ccn3nc(C)cc3n2)n1. The highest BCUT2D eigenvalue weighted by molar-refractivity contribution is 5.39. The molecule has 0 unspecified atom stereocenters. The number of rotatable bonds is 2. The van der Waals surface area contributed by atoms with Crippen molar-refractivity contribution in [2.24, 2.45) is 0 Å². The summed E-state index contributed by atoms with van der Waals surface area (Å²) in [6, 6.07) is 9.85. The minimum absolute atomic E-state index is 0.770. The smallest absolute Gasteiger partial charge is 0.155 e. The van der Waals surface area contributed by atoms with Crippen molar-refractivity contribution in [2.75, 3.05) is 0 Å². The van der Waals surface area contributed by atoms with Crippen molar-refractivity contribution in [1.29, 1.82) is 0 Å². The van der Waals surface area contributed by atoms with E-state index in [9.17, 15) is 0 Å². The van der Waals surface area contributed by atoms with Crippen LogP contribution in [0.2, 0.25) is 0 Å². The lowest BCUT2D eigenvalue weighted by Gasteiger charge is -1.97. The van der Waals surface area contributed by atoms with E-state index in [0.29, 0.717) is 0 Å². The molecule has 0 atom stereocenters. The summed E-state index contributed by atoms with van der Waals surface area (Å²) < 4.78 is 1.79. The molecule has 0 N–H and O–H groups in total. The van der Waals surface area contributed by atoms with Crippen LogP contribution in [-0.2, 0) is 6.42 Å². The Morgan fingerprint density at radius 3 is 2.86 bits per heavy atom. The number of hydrogen-bond donors (Lipinski definition) is 0. The molecular weight excluding hydrogens is 260 g/mol. The summed E-state index contributed by atoms with van der Waals surface area (Å²) in [6.07, 6.45) is 3.55. The zero-order chi connectivity index (χ0) is 14.7. The molecule has 0 radical (unpaired) electrons. The maximum absolute atomic E-state index is 4.57. The van der Waals surface area contributed by atoms with Crippen LogP contribution in [0.15, 0.2) is 36.5 Å². The average Bonchev–Trinajstić information content (AvgIpc) is 2.83. The Bertz CT molecular complexity index is 837. The van der Waals surface area contributed by atoms with Crippen LogP contribution in [0.4, 0.5) is 0 Å². The van der Waals surface area contributed by atoms with Crippen molar-refractivity contribution in [1.82, 2.24) is 19.6 Å². The molecule has 0 aliphatic heterocycles. The third-order valence-corrected chi connectivity index (χ3v) is 3.12. The number of nitrogens with zero attached hydrogens (tertiary/aromatic N) is 4. The van der Waals surface area contributed by atoms with Crippen molar-refractivity contribution in [3.63, 3.8) is 0 Å². The molecule has 3 rings (SSSR count). The lowest BCUT2D eigenvalue weighted by molar-refractivity contribution is 0.884. The molecular formula is C17H16N4. The van der Waals surface area contributed by atoms with Gasteiger partial charge in [-0.25, -0.2) is 14.5 Å².